The van der Waals surface area contributed by atoms with Crippen LogP contribution in [-0.4, -0.2) is 238 Å². The van der Waals surface area contributed by atoms with Crippen molar-refractivity contribution in [1.29, 1.82) is 0 Å². The minimum atomic E-state index is -6.59. The Morgan fingerprint density at radius 2 is 0.944 bits per heavy atom. The van der Waals surface area contributed by atoms with Crippen LogP contribution in [0.25, 0.3) is 43.9 Å². The van der Waals surface area contributed by atoms with Crippen molar-refractivity contribution in [3.63, 3.8) is 0 Å². The Morgan fingerprint density at radius 1 is 0.584 bits per heavy atom. The normalized spacial score (nSPS) is 20.9. The third-order valence-electron chi connectivity index (χ3n) is 17.1. The van der Waals surface area contributed by atoms with Crippen LogP contribution in [-0.2, 0) is 85.4 Å². The molecule has 10 unspecified atom stereocenters. The van der Waals surface area contributed by atoms with Gasteiger partial charge in [-0.15, -0.1) is 0 Å². The van der Waals surface area contributed by atoms with Crippen LogP contribution in [0.4, 0.5) is 51.4 Å². The van der Waals surface area contributed by atoms with Gasteiger partial charge in [0, 0.05) is 22.0 Å². The number of anilines is 2. The molecule has 0 bridgehead atoms. The van der Waals surface area contributed by atoms with Crippen molar-refractivity contribution in [3.05, 3.63) is 97.6 Å². The summed E-state index contributed by atoms with van der Waals surface area (Å²) in [7, 11) is -19.6. The van der Waals surface area contributed by atoms with Gasteiger partial charge in [-0.2, -0.15) is 89.8 Å². The van der Waals surface area contributed by atoms with Crippen molar-refractivity contribution < 1.29 is 164 Å². The molecule has 2 fully saturated rings. The molecule has 6 heterocycles. The third kappa shape index (κ3) is 29.1. The number of aliphatic hydroxyl groups excluding tert-OH is 3. The molecule has 8 aromatic rings. The van der Waals surface area contributed by atoms with Gasteiger partial charge in [-0.05, 0) is 81.1 Å². The molecule has 10 rings (SSSR count). The fourth-order valence-electron chi connectivity index (χ4n) is 10.6. The number of esters is 2. The van der Waals surface area contributed by atoms with E-state index in [4.69, 9.17) is 64.7 Å². The summed E-state index contributed by atoms with van der Waals surface area (Å²) in [5.41, 5.74) is -8.95. The Bertz CT molecular complexity index is 5370. The zero-order valence-electron chi connectivity index (χ0n) is 69.6. The summed E-state index contributed by atoms with van der Waals surface area (Å²) in [5, 5.41) is 60.8. The van der Waals surface area contributed by atoms with Gasteiger partial charge in [0.25, 0.3) is 0 Å². The minimum absolute atomic E-state index is 0.0250. The van der Waals surface area contributed by atoms with Crippen molar-refractivity contribution in [2.75, 3.05) is 78.9 Å². The number of carbonyl (C=O) groups excluding carboxylic acids is 2. The van der Waals surface area contributed by atoms with Gasteiger partial charge >= 0.3 is 73.4 Å². The summed E-state index contributed by atoms with van der Waals surface area (Å²) in [5.74, 6) is -0.385. The van der Waals surface area contributed by atoms with E-state index in [0.717, 1.165) is 16.2 Å². The number of aliphatic hydroxyl groups is 5. The first-order chi connectivity index (χ1) is 57.4. The molecule has 125 heavy (non-hydrogen) atoms. The average molecular weight is 1920 g/mol. The molecule has 12 atom stereocenters. The van der Waals surface area contributed by atoms with E-state index in [1.165, 1.54) is 83.3 Å². The van der Waals surface area contributed by atoms with E-state index < -0.39 is 147 Å². The molecule has 4 aromatic carbocycles. The number of halogens is 10. The molecule has 0 spiro atoms. The summed E-state index contributed by atoms with van der Waals surface area (Å²) in [6.07, 6.45) is -4.42. The molecule has 0 aliphatic carbocycles. The quantitative estimate of drug-likeness (QED) is 0.00440. The molecular weight excluding hydrogens is 1820 g/mol. The van der Waals surface area contributed by atoms with Gasteiger partial charge in [-0.25, -0.2) is 24.2 Å². The molecule has 4 aromatic heterocycles. The highest BCUT2D eigenvalue weighted by atomic mass is 35.7. The van der Waals surface area contributed by atoms with Gasteiger partial charge in [0.2, 0.25) is 23.7 Å². The first-order valence-electron chi connectivity index (χ1n) is 36.6. The second-order valence-electron chi connectivity index (χ2n) is 29.5. The monoisotopic (exact) mass is 1920 g/mol. The number of hydrogen-bond donors (Lipinski definition) is 9. The first kappa shape index (κ1) is 107. The zero-order valence-corrected chi connectivity index (χ0v) is 74.6. The number of carbonyl (C=O) groups is 2. The number of methoxy groups -OCH3 is 2. The van der Waals surface area contributed by atoms with Crippen LogP contribution in [0.5, 0.6) is 23.3 Å². The third-order valence-corrected chi connectivity index (χ3v) is 23.0. The first-order valence-corrected chi connectivity index (χ1v) is 44.9. The lowest BCUT2D eigenvalue weighted by molar-refractivity contribution is -0.148. The highest BCUT2D eigenvalue weighted by molar-refractivity contribution is 7.89. The maximum atomic E-state index is 14.3. The number of aromatic nitrogens is 8. The highest BCUT2D eigenvalue weighted by Gasteiger charge is 2.57. The molecule has 55 heteroatoms. The van der Waals surface area contributed by atoms with Crippen LogP contribution < -0.4 is 40.2 Å². The largest absolute Gasteiger partial charge is 0.525 e. The number of imidazole rings is 2. The van der Waals surface area contributed by atoms with Gasteiger partial charge in [-0.3, -0.25) is 27.4 Å². The van der Waals surface area contributed by atoms with Crippen molar-refractivity contribution in [2.45, 2.75) is 167 Å². The van der Waals surface area contributed by atoms with E-state index in [2.05, 4.69) is 78.6 Å². The van der Waals surface area contributed by atoms with E-state index in [-0.39, 0.29) is 64.6 Å². The summed E-state index contributed by atoms with van der Waals surface area (Å²) < 4.78 is 248. The highest BCUT2D eigenvalue weighted by Crippen LogP contribution is 2.52. The lowest BCUT2D eigenvalue weighted by Crippen LogP contribution is -2.44. The number of ether oxygens (including phenoxy) is 6. The van der Waals surface area contributed by atoms with Crippen LogP contribution >= 0.6 is 25.9 Å². The number of nitrogens with one attached hydrogen (secondary N) is 2. The van der Waals surface area contributed by atoms with E-state index in [1.54, 1.807) is 36.4 Å². The minimum Gasteiger partial charge on any atom is -0.479 e. The SMILES string of the molecule is CCN(CC)CC.COS(=O)(=O)C(F)(F)F.COc1nc(N)nc2c1ncn2C1OC(CO)C(O)C1(C)O.COc1nc(N)nc2c1ncn2C1OC(COP(=O)(N[C@@H](C)C(=O)OCC(C)(C)C)Oc2cccc3ccccc23)C(O)C1(C)O.C[C@H](NP(=O)(Cl)Oc1cccc2ccccc12)C(=O)OCC(C)(C)C.O=S(=O)(OOS(=O)(=O)C(F)(F)F)C(F)(F)F. The standard InChI is InChI=1S/C30H39N6O9P.C18H23ClNO4P.C12H17N5O5.C6H15N.C2F6O6S2.C2H3F3O3S/c1-17(26(38)42-15-29(2,3)4)35-46(40,45-20-13-9-11-18-10-7-8-12-19(18)20)43-14-21-23(37)30(5,39)27(44-21)36-16-32-22-24(36)33-28(31)34-25(22)41-6;1-13(17(21)23-12-18(2,3)4)20-25(19,22)24-16-11-7-9-14-8-5-6-10-15(14)16;1-12(20)7(19)5(3-18)22-10(12)17-4-14-6-8(17)15-11(13)16-9(6)21-2;1-4-7(5-2)6-3;3-1(4,5)15(9,10)13-14-16(11,12)2(6,7)8;1-8-9(6,7)2(3,4)5/h7-13,16-17,21,23,27,37,39H,14-15H2,1-6H3,(H,35,40)(H2,31,33,34);5-11,13H,12H2,1-4H3,(H,20,22);4-5,7,10,18-20H,3H2,1-2H3,(H2,13,15,16);4-6H2,1-3H3;;1H3/t17-,21?,23?,27?,30?,46?;13-,25?;;;;/m00..../s1. The Morgan fingerprint density at radius 3 is 1.28 bits per heavy atom. The molecule has 0 amide bonds. The molecule has 2 saturated heterocycles. The molecule has 0 saturated carbocycles. The summed E-state index contributed by atoms with van der Waals surface area (Å²) in [4.78, 5) is 51.8. The van der Waals surface area contributed by atoms with E-state index in [1.807, 2.05) is 90.1 Å². The number of nitrogen functional groups attached to an aromatic ring is 2. The van der Waals surface area contributed by atoms with Crippen LogP contribution in [0.1, 0.15) is 102 Å². The van der Waals surface area contributed by atoms with Gasteiger partial charge in [0.05, 0.1) is 60.4 Å². The van der Waals surface area contributed by atoms with Crippen LogP contribution in [0.3, 0.4) is 0 Å². The number of nitrogens with zero attached hydrogens (tertiary/aromatic N) is 9. The van der Waals surface area contributed by atoms with Crippen molar-refractivity contribution in [2.24, 2.45) is 10.8 Å². The number of benzene rings is 4. The lowest BCUT2D eigenvalue weighted by Gasteiger charge is -2.27. The molecule has 702 valence electrons. The smallest absolute Gasteiger partial charge is 0.479 e. The predicted octanol–water partition coefficient (Wildman–Crippen LogP) is 9.37. The second-order valence-corrected chi connectivity index (χ2v) is 38.6. The average Bonchev–Trinajstić information content (AvgIpc) is 1.60. The topological polar surface area (TPSA) is 549 Å². The van der Waals surface area contributed by atoms with Gasteiger partial charge in [0.1, 0.15) is 59.2 Å². The van der Waals surface area contributed by atoms with Gasteiger partial charge < -0.3 is 79.4 Å². The van der Waals surface area contributed by atoms with Crippen molar-refractivity contribution in [3.8, 4) is 23.3 Å². The molecular formula is C70H97ClF9N13O27P2S3. The number of alkyl halides is 9. The van der Waals surface area contributed by atoms with Crippen molar-refractivity contribution in [1.82, 2.24) is 54.1 Å². The second kappa shape index (κ2) is 43.2. The van der Waals surface area contributed by atoms with E-state index in [9.17, 15) is 109 Å². The molecule has 2 aliphatic rings. The Kier molecular flexibility index (Phi) is 37.0. The van der Waals surface area contributed by atoms with Crippen LogP contribution in [0.2, 0.25) is 0 Å². The van der Waals surface area contributed by atoms with Crippen molar-refractivity contribution >= 4 is 124 Å². The molecule has 0 radical (unpaired) electrons. The number of rotatable bonds is 27. The fraction of sp³-hybridized carbons (Fsp3) is 0.543. The Labute approximate surface area is 715 Å². The van der Waals surface area contributed by atoms with Gasteiger partial charge in [0.15, 0.2) is 34.8 Å². The van der Waals surface area contributed by atoms with E-state index in [0.29, 0.717) is 29.4 Å². The Hall–Kier alpha value is -8.35. The molecule has 40 nitrogen and oxygen atoms in total. The fourth-order valence-corrected chi connectivity index (χ4v) is 14.8. The number of hydrogen-bond acceptors (Lipinski definition) is 36. The number of nitrogens with two attached hydrogens (primary N) is 2. The summed E-state index contributed by atoms with van der Waals surface area (Å²) in [6, 6.07) is 23.5. The predicted molar refractivity (Wildman–Crippen MR) is 431 cm³/mol. The van der Waals surface area contributed by atoms with Crippen LogP contribution in [0.15, 0.2) is 97.6 Å². The van der Waals surface area contributed by atoms with Gasteiger partial charge in [-0.1, -0.05) is 144 Å². The maximum Gasteiger partial charge on any atom is 0.525 e. The zero-order chi connectivity index (χ0) is 95.0. The summed E-state index contributed by atoms with van der Waals surface area (Å²) in [6.45, 7) is 23.2. The molecule has 2 aliphatic heterocycles. The maximum absolute atomic E-state index is 14.3. The molecule has 11 N–H and O–H groups in total. The van der Waals surface area contributed by atoms with E-state index >= 15 is 0 Å². The van der Waals surface area contributed by atoms with Crippen LogP contribution in [0, 0.1) is 10.8 Å². The lowest BCUT2D eigenvalue weighted by atomic mass is 9.96. The number of fused-ring (bicyclic) bond motifs is 4. The summed E-state index contributed by atoms with van der Waals surface area (Å²) >= 11 is 6.01. The Balaban J connectivity index is 0.000000297.